The lowest BCUT2D eigenvalue weighted by Gasteiger charge is -2.57. The van der Waals surface area contributed by atoms with E-state index in [0.717, 1.165) is 35.8 Å². The number of allylic oxidation sites excluding steroid dienone is 2. The number of oxime groups is 1. The largest absolute Gasteiger partial charge is 0.411 e. The Hall–Kier alpha value is -0.790. The van der Waals surface area contributed by atoms with Crippen LogP contribution in [0.1, 0.15) is 72.1 Å². The first-order valence-corrected chi connectivity index (χ1v) is 9.40. The van der Waals surface area contributed by atoms with E-state index < -0.39 is 0 Å². The summed E-state index contributed by atoms with van der Waals surface area (Å²) in [6.07, 6.45) is 12.9. The molecule has 0 bridgehead atoms. The SMILES string of the molecule is CC1CCC2(C)C(=CCC3C2CCC2(C)/C(=N/O)CCC32)C1. The molecule has 0 aromatic rings. The Balaban J connectivity index is 1.69. The van der Waals surface area contributed by atoms with Crippen LogP contribution >= 0.6 is 0 Å². The van der Waals surface area contributed by atoms with Crippen LogP contribution < -0.4 is 0 Å². The quantitative estimate of drug-likeness (QED) is 0.362. The van der Waals surface area contributed by atoms with Crippen LogP contribution in [0.25, 0.3) is 0 Å². The van der Waals surface area contributed by atoms with Crippen LogP contribution in [0.15, 0.2) is 16.8 Å². The van der Waals surface area contributed by atoms with Gasteiger partial charge in [-0.05, 0) is 80.5 Å². The lowest BCUT2D eigenvalue weighted by Crippen LogP contribution is -2.50. The Labute approximate surface area is 135 Å². The van der Waals surface area contributed by atoms with E-state index in [-0.39, 0.29) is 5.41 Å². The molecule has 6 unspecified atom stereocenters. The number of hydrogen-bond acceptors (Lipinski definition) is 2. The van der Waals surface area contributed by atoms with Gasteiger partial charge < -0.3 is 5.21 Å². The van der Waals surface area contributed by atoms with E-state index in [9.17, 15) is 5.21 Å². The van der Waals surface area contributed by atoms with Crippen LogP contribution in [-0.2, 0) is 0 Å². The fraction of sp³-hybridized carbons (Fsp3) is 0.850. The van der Waals surface area contributed by atoms with E-state index in [2.05, 4.69) is 32.0 Å². The maximum Gasteiger partial charge on any atom is 0.0632 e. The molecule has 22 heavy (non-hydrogen) atoms. The zero-order chi connectivity index (χ0) is 15.5. The number of hydrogen-bond donors (Lipinski definition) is 1. The summed E-state index contributed by atoms with van der Waals surface area (Å²) in [7, 11) is 0. The van der Waals surface area contributed by atoms with Crippen molar-refractivity contribution in [2.45, 2.75) is 72.1 Å². The Kier molecular flexibility index (Phi) is 3.26. The molecule has 0 amide bonds. The van der Waals surface area contributed by atoms with Crippen molar-refractivity contribution in [2.24, 2.45) is 39.7 Å². The molecule has 0 saturated heterocycles. The lowest BCUT2D eigenvalue weighted by molar-refractivity contribution is -0.0108. The Morgan fingerprint density at radius 2 is 1.82 bits per heavy atom. The van der Waals surface area contributed by atoms with E-state index in [4.69, 9.17) is 0 Å². The average Bonchev–Trinajstić information content (AvgIpc) is 2.84. The molecular weight excluding hydrogens is 270 g/mol. The highest BCUT2D eigenvalue weighted by Crippen LogP contribution is 2.64. The van der Waals surface area contributed by atoms with Crippen molar-refractivity contribution in [3.05, 3.63) is 11.6 Å². The Morgan fingerprint density at radius 1 is 1.09 bits per heavy atom. The number of fused-ring (bicyclic) bond motifs is 5. The van der Waals surface area contributed by atoms with E-state index >= 15 is 0 Å². The molecular formula is C20H31NO. The molecule has 3 saturated carbocycles. The van der Waals surface area contributed by atoms with Crippen molar-refractivity contribution in [1.29, 1.82) is 0 Å². The minimum Gasteiger partial charge on any atom is -0.411 e. The molecule has 2 nitrogen and oxygen atoms in total. The summed E-state index contributed by atoms with van der Waals surface area (Å²) in [4.78, 5) is 0. The highest BCUT2D eigenvalue weighted by atomic mass is 16.4. The predicted octanol–water partition coefficient (Wildman–Crippen LogP) is 5.42. The van der Waals surface area contributed by atoms with Gasteiger partial charge in [-0.2, -0.15) is 0 Å². The molecule has 0 aromatic heterocycles. The Morgan fingerprint density at radius 3 is 2.59 bits per heavy atom. The first-order chi connectivity index (χ1) is 10.5. The normalized spacial score (nSPS) is 52.7. The summed E-state index contributed by atoms with van der Waals surface area (Å²) >= 11 is 0. The third-order valence-corrected chi connectivity index (χ3v) is 8.21. The topological polar surface area (TPSA) is 32.6 Å². The molecule has 4 rings (SSSR count). The van der Waals surface area contributed by atoms with Crippen molar-refractivity contribution >= 4 is 5.71 Å². The molecule has 2 heteroatoms. The van der Waals surface area contributed by atoms with E-state index in [1.807, 2.05) is 0 Å². The summed E-state index contributed by atoms with van der Waals surface area (Å²) in [5.74, 6) is 3.31. The fourth-order valence-electron chi connectivity index (χ4n) is 6.80. The number of nitrogens with zero attached hydrogens (tertiary/aromatic N) is 1. The van der Waals surface area contributed by atoms with Crippen LogP contribution in [0, 0.1) is 34.5 Å². The maximum atomic E-state index is 9.41. The second-order valence-electron chi connectivity index (χ2n) is 9.15. The van der Waals surface area contributed by atoms with Crippen molar-refractivity contribution in [1.82, 2.24) is 0 Å². The van der Waals surface area contributed by atoms with Crippen molar-refractivity contribution in [2.75, 3.05) is 0 Å². The van der Waals surface area contributed by atoms with Gasteiger partial charge in [-0.3, -0.25) is 0 Å². The highest BCUT2D eigenvalue weighted by molar-refractivity contribution is 5.92. The number of rotatable bonds is 0. The van der Waals surface area contributed by atoms with Gasteiger partial charge in [0, 0.05) is 5.41 Å². The van der Waals surface area contributed by atoms with E-state index in [0.29, 0.717) is 5.41 Å². The van der Waals surface area contributed by atoms with Crippen LogP contribution in [0.3, 0.4) is 0 Å². The van der Waals surface area contributed by atoms with Crippen molar-refractivity contribution in [3.63, 3.8) is 0 Å². The summed E-state index contributed by atoms with van der Waals surface area (Å²) in [6, 6.07) is 0. The van der Waals surface area contributed by atoms with Gasteiger partial charge in [0.1, 0.15) is 0 Å². The molecule has 6 atom stereocenters. The van der Waals surface area contributed by atoms with Crippen LogP contribution in [0.5, 0.6) is 0 Å². The molecule has 122 valence electrons. The van der Waals surface area contributed by atoms with E-state index in [1.165, 1.54) is 44.9 Å². The van der Waals surface area contributed by atoms with Crippen LogP contribution in [-0.4, -0.2) is 10.9 Å². The van der Waals surface area contributed by atoms with Gasteiger partial charge in [-0.25, -0.2) is 0 Å². The van der Waals surface area contributed by atoms with Crippen LogP contribution in [0.4, 0.5) is 0 Å². The second kappa shape index (κ2) is 4.85. The van der Waals surface area contributed by atoms with Gasteiger partial charge in [-0.15, -0.1) is 0 Å². The molecule has 4 aliphatic carbocycles. The molecule has 0 aromatic carbocycles. The molecule has 0 aliphatic heterocycles. The summed E-state index contributed by atoms with van der Waals surface area (Å²) < 4.78 is 0. The first-order valence-electron chi connectivity index (χ1n) is 9.40. The second-order valence-corrected chi connectivity index (χ2v) is 9.15. The maximum absolute atomic E-state index is 9.41. The van der Waals surface area contributed by atoms with Crippen molar-refractivity contribution < 1.29 is 5.21 Å². The monoisotopic (exact) mass is 301 g/mol. The zero-order valence-electron chi connectivity index (χ0n) is 14.4. The molecule has 3 fully saturated rings. The van der Waals surface area contributed by atoms with Gasteiger partial charge in [0.15, 0.2) is 0 Å². The zero-order valence-corrected chi connectivity index (χ0v) is 14.4. The van der Waals surface area contributed by atoms with Gasteiger partial charge in [-0.1, -0.05) is 37.6 Å². The van der Waals surface area contributed by atoms with Gasteiger partial charge >= 0.3 is 0 Å². The van der Waals surface area contributed by atoms with Crippen molar-refractivity contribution in [3.8, 4) is 0 Å². The average molecular weight is 301 g/mol. The van der Waals surface area contributed by atoms with Crippen LogP contribution in [0.2, 0.25) is 0 Å². The highest BCUT2D eigenvalue weighted by Gasteiger charge is 2.57. The smallest absolute Gasteiger partial charge is 0.0632 e. The summed E-state index contributed by atoms with van der Waals surface area (Å²) in [5.41, 5.74) is 3.52. The third-order valence-electron chi connectivity index (χ3n) is 8.21. The Bertz CT molecular complexity index is 536. The minimum absolute atomic E-state index is 0.180. The summed E-state index contributed by atoms with van der Waals surface area (Å²) in [5, 5.41) is 13.1. The first kappa shape index (κ1) is 14.8. The standard InChI is InChI=1S/C20H31NO/c1-13-8-10-19(2)14(12-13)4-5-15-16-6-7-18(21-22)20(16,3)11-9-17(15)19/h4,13,15-17,22H,5-12H2,1-3H3/b21-18+. The van der Waals surface area contributed by atoms with E-state index in [1.54, 1.807) is 5.57 Å². The molecule has 0 spiro atoms. The molecule has 4 aliphatic rings. The molecule has 1 N–H and O–H groups in total. The molecule has 0 radical (unpaired) electrons. The fourth-order valence-corrected chi connectivity index (χ4v) is 6.80. The molecule has 0 heterocycles. The third kappa shape index (κ3) is 1.82. The van der Waals surface area contributed by atoms with Gasteiger partial charge in [0.25, 0.3) is 0 Å². The van der Waals surface area contributed by atoms with Gasteiger partial charge in [0.05, 0.1) is 5.71 Å². The van der Waals surface area contributed by atoms with Gasteiger partial charge in [0.2, 0.25) is 0 Å². The summed E-state index contributed by atoms with van der Waals surface area (Å²) in [6.45, 7) is 7.37. The minimum atomic E-state index is 0.180. The lowest BCUT2D eigenvalue weighted by atomic mass is 9.47. The predicted molar refractivity (Wildman–Crippen MR) is 90.1 cm³/mol.